The lowest BCUT2D eigenvalue weighted by molar-refractivity contribution is -0.124. The maximum Gasteiger partial charge on any atom is 0.166 e. The molecule has 0 aliphatic heterocycles. The fourth-order valence-electron chi connectivity index (χ4n) is 7.34. The topological polar surface area (TPSA) is 34.1 Å². The Labute approximate surface area is 155 Å². The maximum atomic E-state index is 13.1. The zero-order chi connectivity index (χ0) is 17.9. The largest absolute Gasteiger partial charge is 0.295 e. The number of hydrogen-bond acceptors (Lipinski definition) is 2. The van der Waals surface area contributed by atoms with E-state index in [9.17, 15) is 9.59 Å². The van der Waals surface area contributed by atoms with E-state index in [0.717, 1.165) is 32.1 Å². The van der Waals surface area contributed by atoms with Gasteiger partial charge in [0.1, 0.15) is 0 Å². The van der Waals surface area contributed by atoms with Crippen LogP contribution in [-0.2, 0) is 9.59 Å². The summed E-state index contributed by atoms with van der Waals surface area (Å²) in [5.74, 6) is 0.661. The van der Waals surface area contributed by atoms with E-state index in [0.29, 0.717) is 18.0 Å². The van der Waals surface area contributed by atoms with Crippen molar-refractivity contribution in [3.63, 3.8) is 0 Å². The Balaban J connectivity index is 1.57. The van der Waals surface area contributed by atoms with Crippen LogP contribution in [0.4, 0.5) is 0 Å². The molecule has 0 bridgehead atoms. The SMILES string of the molecule is CC12CCC(=O)C=C1C1(CC1)CC1=C2CCC23C(=O)C=C[C@]2(C)CC=C13. The quantitative estimate of drug-likeness (QED) is 0.617. The monoisotopic (exact) mass is 346 g/mol. The summed E-state index contributed by atoms with van der Waals surface area (Å²) in [5, 5.41) is 0. The first-order valence-corrected chi connectivity index (χ1v) is 10.3. The van der Waals surface area contributed by atoms with Gasteiger partial charge in [0.2, 0.25) is 0 Å². The van der Waals surface area contributed by atoms with Gasteiger partial charge in [-0.2, -0.15) is 0 Å². The Hall–Kier alpha value is -1.70. The molecule has 2 nitrogen and oxygen atoms in total. The van der Waals surface area contributed by atoms with Crippen molar-refractivity contribution in [2.75, 3.05) is 0 Å². The zero-order valence-electron chi connectivity index (χ0n) is 15.8. The molecule has 0 radical (unpaired) electrons. The van der Waals surface area contributed by atoms with Crippen LogP contribution in [0.5, 0.6) is 0 Å². The van der Waals surface area contributed by atoms with E-state index in [1.807, 2.05) is 12.2 Å². The van der Waals surface area contributed by atoms with E-state index in [2.05, 4.69) is 26.0 Å². The second-order valence-electron chi connectivity index (χ2n) is 10.1. The molecule has 2 heteroatoms. The molecule has 6 aliphatic carbocycles. The highest BCUT2D eigenvalue weighted by atomic mass is 16.1. The van der Waals surface area contributed by atoms with Crippen LogP contribution in [0.3, 0.4) is 0 Å². The summed E-state index contributed by atoms with van der Waals surface area (Å²) in [6.45, 7) is 4.67. The Bertz CT molecular complexity index is 922. The lowest BCUT2D eigenvalue weighted by Gasteiger charge is -2.53. The fourth-order valence-corrected chi connectivity index (χ4v) is 7.34. The molecule has 0 aromatic heterocycles. The average molecular weight is 346 g/mol. The molecular formula is C24H26O2. The Morgan fingerprint density at radius 2 is 1.81 bits per heavy atom. The lowest BCUT2D eigenvalue weighted by atomic mass is 9.50. The van der Waals surface area contributed by atoms with Crippen LogP contribution in [-0.4, -0.2) is 11.6 Å². The standard InChI is InChI=1S/C24H26O2/c1-21-7-4-18-16-14-23(11-12-23)19-13-15(25)3-9-22(19,2)17(16)5-10-24(18,21)20(26)6-8-21/h4,6,8,13H,3,5,7,9-12,14H2,1-2H3/t21-,22?,24?/m0/s1. The van der Waals surface area contributed by atoms with Gasteiger partial charge in [-0.1, -0.05) is 37.1 Å². The Kier molecular flexibility index (Phi) is 2.50. The fraction of sp³-hybridized carbons (Fsp3) is 0.583. The van der Waals surface area contributed by atoms with E-state index in [1.54, 1.807) is 5.57 Å². The summed E-state index contributed by atoms with van der Waals surface area (Å²) in [4.78, 5) is 25.3. The summed E-state index contributed by atoms with van der Waals surface area (Å²) in [6, 6.07) is 0. The molecule has 0 heterocycles. The van der Waals surface area contributed by atoms with Crippen molar-refractivity contribution in [3.05, 3.63) is 46.6 Å². The summed E-state index contributed by atoms with van der Waals surface area (Å²) < 4.78 is 0. The summed E-state index contributed by atoms with van der Waals surface area (Å²) in [7, 11) is 0. The smallest absolute Gasteiger partial charge is 0.166 e. The predicted octanol–water partition coefficient (Wildman–Crippen LogP) is 5.02. The molecule has 6 aliphatic rings. The highest BCUT2D eigenvalue weighted by molar-refractivity contribution is 6.03. The van der Waals surface area contributed by atoms with E-state index < -0.39 is 0 Å². The van der Waals surface area contributed by atoms with Gasteiger partial charge in [-0.25, -0.2) is 0 Å². The third kappa shape index (κ3) is 1.46. The van der Waals surface area contributed by atoms with Gasteiger partial charge in [-0.3, -0.25) is 9.59 Å². The number of rotatable bonds is 0. The molecule has 3 atom stereocenters. The van der Waals surface area contributed by atoms with E-state index >= 15 is 0 Å². The number of fused-ring (bicyclic) bond motifs is 4. The van der Waals surface area contributed by atoms with Gasteiger partial charge in [0, 0.05) is 17.3 Å². The van der Waals surface area contributed by atoms with Crippen LogP contribution in [0.1, 0.15) is 65.2 Å². The van der Waals surface area contributed by atoms with Crippen LogP contribution in [0.15, 0.2) is 46.6 Å². The minimum Gasteiger partial charge on any atom is -0.295 e. The molecule has 0 aromatic carbocycles. The van der Waals surface area contributed by atoms with Crippen LogP contribution >= 0.6 is 0 Å². The second kappa shape index (κ2) is 4.24. The molecule has 0 N–H and O–H groups in total. The maximum absolute atomic E-state index is 13.1. The average Bonchev–Trinajstić information content (AvgIpc) is 3.25. The molecule has 2 unspecified atom stereocenters. The van der Waals surface area contributed by atoms with Crippen molar-refractivity contribution >= 4 is 11.6 Å². The summed E-state index contributed by atoms with van der Waals surface area (Å²) >= 11 is 0. The van der Waals surface area contributed by atoms with E-state index in [1.165, 1.54) is 29.6 Å². The molecule has 0 aromatic rings. The number of carbonyl (C=O) groups excluding carboxylic acids is 2. The van der Waals surface area contributed by atoms with Gasteiger partial charge >= 0.3 is 0 Å². The minimum absolute atomic E-state index is 0.0196. The summed E-state index contributed by atoms with van der Waals surface area (Å²) in [6.07, 6.45) is 16.5. The van der Waals surface area contributed by atoms with Gasteiger partial charge in [0.05, 0.1) is 5.41 Å². The molecule has 0 saturated heterocycles. The minimum atomic E-state index is -0.288. The molecule has 0 amide bonds. The van der Waals surface area contributed by atoms with Crippen LogP contribution in [0.25, 0.3) is 0 Å². The van der Waals surface area contributed by atoms with Crippen molar-refractivity contribution in [2.24, 2.45) is 21.7 Å². The third-order valence-corrected chi connectivity index (χ3v) is 9.00. The van der Waals surface area contributed by atoms with Crippen LogP contribution < -0.4 is 0 Å². The first kappa shape index (κ1) is 15.4. The molecule has 6 rings (SSSR count). The van der Waals surface area contributed by atoms with Crippen molar-refractivity contribution in [2.45, 2.75) is 65.2 Å². The van der Waals surface area contributed by atoms with E-state index in [4.69, 9.17) is 0 Å². The molecule has 1 fully saturated rings. The van der Waals surface area contributed by atoms with Gasteiger partial charge in [-0.15, -0.1) is 0 Å². The van der Waals surface area contributed by atoms with Crippen LogP contribution in [0.2, 0.25) is 0 Å². The normalized spacial score (nSPS) is 44.4. The Morgan fingerprint density at radius 3 is 2.58 bits per heavy atom. The molecule has 2 spiro atoms. The predicted molar refractivity (Wildman–Crippen MR) is 100 cm³/mol. The van der Waals surface area contributed by atoms with Gasteiger partial charge < -0.3 is 0 Å². The molecular weight excluding hydrogens is 320 g/mol. The highest BCUT2D eigenvalue weighted by Gasteiger charge is 2.65. The van der Waals surface area contributed by atoms with Crippen molar-refractivity contribution in [3.8, 4) is 0 Å². The first-order valence-electron chi connectivity index (χ1n) is 10.3. The molecule has 134 valence electrons. The number of carbonyl (C=O) groups is 2. The third-order valence-electron chi connectivity index (χ3n) is 9.00. The van der Waals surface area contributed by atoms with Gasteiger partial charge in [-0.05, 0) is 73.7 Å². The van der Waals surface area contributed by atoms with E-state index in [-0.39, 0.29) is 21.7 Å². The van der Waals surface area contributed by atoms with Gasteiger partial charge in [0.25, 0.3) is 0 Å². The van der Waals surface area contributed by atoms with Crippen molar-refractivity contribution in [1.82, 2.24) is 0 Å². The van der Waals surface area contributed by atoms with Crippen molar-refractivity contribution < 1.29 is 9.59 Å². The number of ketones is 2. The van der Waals surface area contributed by atoms with Crippen LogP contribution in [0, 0.1) is 21.7 Å². The number of allylic oxidation sites excluding steroid dienone is 8. The molecule has 26 heavy (non-hydrogen) atoms. The second-order valence-corrected chi connectivity index (χ2v) is 10.1. The first-order chi connectivity index (χ1) is 12.3. The number of hydrogen-bond donors (Lipinski definition) is 0. The van der Waals surface area contributed by atoms with Gasteiger partial charge in [0.15, 0.2) is 11.6 Å². The lowest BCUT2D eigenvalue weighted by Crippen LogP contribution is -2.46. The van der Waals surface area contributed by atoms with Crippen molar-refractivity contribution in [1.29, 1.82) is 0 Å². The summed E-state index contributed by atoms with van der Waals surface area (Å²) in [5.41, 5.74) is 5.86. The zero-order valence-corrected chi connectivity index (χ0v) is 15.8. The molecule has 1 saturated carbocycles. The highest BCUT2D eigenvalue weighted by Crippen LogP contribution is 2.74. The Morgan fingerprint density at radius 1 is 1.00 bits per heavy atom.